The summed E-state index contributed by atoms with van der Waals surface area (Å²) in [7, 11) is 0. The monoisotopic (exact) mass is 1290 g/mol. The second-order valence-corrected chi connectivity index (χ2v) is 36.1. The Morgan fingerprint density at radius 2 is 0.455 bits per heavy atom. The van der Waals surface area contributed by atoms with Gasteiger partial charge in [0.2, 0.25) is 0 Å². The van der Waals surface area contributed by atoms with Crippen LogP contribution in [-0.2, 0) is 37.9 Å². The van der Waals surface area contributed by atoms with Crippen LogP contribution in [0.15, 0.2) is 218 Å². The van der Waals surface area contributed by atoms with Crippen LogP contribution in [0, 0.1) is 0 Å². The highest BCUT2D eigenvalue weighted by Gasteiger charge is 2.45. The van der Waals surface area contributed by atoms with Gasteiger partial charge in [0.05, 0.1) is 22.1 Å². The van der Waals surface area contributed by atoms with Crippen LogP contribution in [0.25, 0.3) is 77.2 Å². The van der Waals surface area contributed by atoms with Gasteiger partial charge in [-0.25, -0.2) is 0 Å². The van der Waals surface area contributed by atoms with Crippen molar-refractivity contribution in [1.29, 1.82) is 0 Å². The van der Waals surface area contributed by atoms with Crippen LogP contribution >= 0.6 is 0 Å². The second-order valence-electron chi connectivity index (χ2n) is 36.1. The zero-order valence-corrected chi connectivity index (χ0v) is 62.7. The van der Waals surface area contributed by atoms with Gasteiger partial charge in [0.25, 0.3) is 6.71 Å². The SMILES string of the molecule is CC(C)(C)c1ccc(-c2ccc(N3c4cc(-n5c6ccc(C(C)(C)C)cc6c6cc(C(C)(C)C)ccc65)ccc4B4c5ccc(-n6c7ccc(C(C)(C)C)cc7c7cc(C(C)(C)C)ccc76)cc5N(c5ccc(-c6ccc(C(C)(C)C)cc6)cc5)c5cc(C(C)(C)C)cc3c54)cc2)cc1. The average Bonchev–Trinajstić information content (AvgIpc) is 1.04. The van der Waals surface area contributed by atoms with E-state index in [0.29, 0.717) is 0 Å². The van der Waals surface area contributed by atoms with Gasteiger partial charge in [0, 0.05) is 67.0 Å². The molecule has 0 saturated carbocycles. The lowest BCUT2D eigenvalue weighted by Crippen LogP contribution is -2.61. The molecule has 0 N–H and O–H groups in total. The molecule has 0 unspecified atom stereocenters. The summed E-state index contributed by atoms with van der Waals surface area (Å²) in [6.45, 7) is 48.7. The van der Waals surface area contributed by atoms with Crippen molar-refractivity contribution in [3.8, 4) is 33.6 Å². The lowest BCUT2D eigenvalue weighted by molar-refractivity contribution is 0.590. The number of hydrogen-bond acceptors (Lipinski definition) is 2. The fourth-order valence-electron chi connectivity index (χ4n) is 15.6. The smallest absolute Gasteiger partial charge is 0.252 e. The van der Waals surface area contributed by atoms with Crippen LogP contribution in [0.5, 0.6) is 0 Å². The zero-order valence-electron chi connectivity index (χ0n) is 62.7. The maximum absolute atomic E-state index is 2.62. The predicted octanol–water partition coefficient (Wildman–Crippen LogP) is 24.4. The molecular formula is C94H99BN4. The molecule has 2 aromatic heterocycles. The van der Waals surface area contributed by atoms with Crippen molar-refractivity contribution in [3.05, 3.63) is 257 Å². The van der Waals surface area contributed by atoms with Crippen LogP contribution in [0.3, 0.4) is 0 Å². The summed E-state index contributed by atoms with van der Waals surface area (Å²) in [6, 6.07) is 86.1. The van der Waals surface area contributed by atoms with E-state index < -0.39 is 0 Å². The van der Waals surface area contributed by atoms with Gasteiger partial charge in [-0.15, -0.1) is 0 Å². The first kappa shape index (κ1) is 65.6. The molecule has 0 atom stereocenters. The Labute approximate surface area is 590 Å². The normalized spacial score (nSPS) is 13.8. The van der Waals surface area contributed by atoms with Crippen molar-refractivity contribution < 1.29 is 0 Å². The molecule has 2 aliphatic heterocycles. The van der Waals surface area contributed by atoms with Gasteiger partial charge in [-0.1, -0.05) is 255 Å². The molecule has 0 bridgehead atoms. The van der Waals surface area contributed by atoms with E-state index >= 15 is 0 Å². The van der Waals surface area contributed by atoms with Crippen molar-refractivity contribution >= 4 is 101 Å². The molecule has 13 aromatic rings. The van der Waals surface area contributed by atoms with Gasteiger partial charge in [-0.3, -0.25) is 0 Å². The van der Waals surface area contributed by atoms with Gasteiger partial charge in [-0.05, 0) is 225 Å². The summed E-state index contributed by atoms with van der Waals surface area (Å²) in [5.74, 6) is 0. The largest absolute Gasteiger partial charge is 0.311 e. The number of anilines is 6. The highest BCUT2D eigenvalue weighted by Crippen LogP contribution is 2.50. The molecule has 0 spiro atoms. The molecule has 4 heterocycles. The van der Waals surface area contributed by atoms with Crippen molar-refractivity contribution in [2.45, 2.75) is 183 Å². The maximum atomic E-state index is 2.62. The summed E-state index contributed by atoms with van der Waals surface area (Å²) in [5.41, 5.74) is 31.8. The Bertz CT molecular complexity index is 4900. The minimum Gasteiger partial charge on any atom is -0.311 e. The first-order valence-corrected chi connectivity index (χ1v) is 36.2. The molecule has 498 valence electrons. The van der Waals surface area contributed by atoms with E-state index in [1.807, 2.05) is 0 Å². The van der Waals surface area contributed by atoms with Crippen LogP contribution < -0.4 is 26.2 Å². The van der Waals surface area contributed by atoms with E-state index in [9.17, 15) is 0 Å². The van der Waals surface area contributed by atoms with Crippen molar-refractivity contribution in [1.82, 2.24) is 9.13 Å². The van der Waals surface area contributed by atoms with Crippen molar-refractivity contribution in [3.63, 3.8) is 0 Å². The molecular weight excluding hydrogens is 1200 g/mol. The lowest BCUT2D eigenvalue weighted by Gasteiger charge is -2.45. The zero-order chi connectivity index (χ0) is 70.2. The lowest BCUT2D eigenvalue weighted by atomic mass is 9.33. The highest BCUT2D eigenvalue weighted by atomic mass is 15.2. The molecule has 2 aliphatic rings. The summed E-state index contributed by atoms with van der Waals surface area (Å²) < 4.78 is 5.09. The van der Waals surface area contributed by atoms with E-state index in [2.05, 4.69) is 383 Å². The van der Waals surface area contributed by atoms with E-state index in [-0.39, 0.29) is 44.6 Å². The number of hydrogen-bond donors (Lipinski definition) is 0. The summed E-state index contributed by atoms with van der Waals surface area (Å²) in [4.78, 5) is 5.24. The van der Waals surface area contributed by atoms with E-state index in [0.717, 1.165) is 22.7 Å². The Balaban J connectivity index is 1.01. The molecule has 0 amide bonds. The number of rotatable bonds is 6. The number of fused-ring (bicyclic) bond motifs is 10. The highest BCUT2D eigenvalue weighted by molar-refractivity contribution is 7.00. The topological polar surface area (TPSA) is 16.3 Å². The fraction of sp³-hybridized carbons (Fsp3) is 0.298. The number of aromatic nitrogens is 2. The standard InChI is InChI=1S/C94H99BN4/c1-88(2,3)62-30-22-58(23-31-62)60-26-38-69(39-27-60)96-83-56-71(98-79-46-34-64(90(7,8)9)50-73(79)74-51-65(91(10,11)12)35-47-80(74)98)42-44-77(83)95-78-45-43-72(99-81-48-36-66(92(13,14)15)52-75(81)76-53-67(93(16,17)18)37-49-82(76)99)57-84(78)97(86-55-68(94(19,20)21)54-85(96)87(86)95)70-40-28-61(29-41-70)59-24-32-63(33-25-59)89(4,5)6/h22-57H,1-21H3. The van der Waals surface area contributed by atoms with Crippen LogP contribution in [0.4, 0.5) is 34.1 Å². The van der Waals surface area contributed by atoms with Crippen LogP contribution in [0.2, 0.25) is 0 Å². The quantitative estimate of drug-likeness (QED) is 0.154. The molecule has 0 fully saturated rings. The van der Waals surface area contributed by atoms with E-state index in [4.69, 9.17) is 0 Å². The Morgan fingerprint density at radius 1 is 0.212 bits per heavy atom. The van der Waals surface area contributed by atoms with Gasteiger partial charge < -0.3 is 18.9 Å². The van der Waals surface area contributed by atoms with Crippen LogP contribution in [-0.4, -0.2) is 15.8 Å². The Morgan fingerprint density at radius 3 is 0.717 bits per heavy atom. The summed E-state index contributed by atoms with van der Waals surface area (Å²) in [5, 5.41) is 5.13. The van der Waals surface area contributed by atoms with Gasteiger partial charge >= 0.3 is 0 Å². The second kappa shape index (κ2) is 22.6. The van der Waals surface area contributed by atoms with E-state index in [1.165, 1.54) is 144 Å². The molecule has 15 rings (SSSR count). The predicted molar refractivity (Wildman–Crippen MR) is 431 cm³/mol. The third kappa shape index (κ3) is 11.3. The third-order valence-electron chi connectivity index (χ3n) is 21.8. The maximum Gasteiger partial charge on any atom is 0.252 e. The molecule has 4 nitrogen and oxygen atoms in total. The van der Waals surface area contributed by atoms with Crippen molar-refractivity contribution in [2.75, 3.05) is 9.80 Å². The third-order valence-corrected chi connectivity index (χ3v) is 21.8. The average molecular weight is 1300 g/mol. The molecule has 5 heteroatoms. The number of nitrogens with zero attached hydrogens (tertiary/aromatic N) is 4. The molecule has 11 aromatic carbocycles. The minimum absolute atomic E-state index is 0.0229. The summed E-state index contributed by atoms with van der Waals surface area (Å²) in [6.07, 6.45) is 0. The molecule has 0 radical (unpaired) electrons. The van der Waals surface area contributed by atoms with Crippen molar-refractivity contribution in [2.24, 2.45) is 0 Å². The van der Waals surface area contributed by atoms with Gasteiger partial charge in [0.15, 0.2) is 0 Å². The van der Waals surface area contributed by atoms with Gasteiger partial charge in [-0.2, -0.15) is 0 Å². The van der Waals surface area contributed by atoms with Gasteiger partial charge in [0.1, 0.15) is 0 Å². The Hall–Kier alpha value is -9.32. The molecule has 0 saturated heterocycles. The minimum atomic E-state index is -0.226. The summed E-state index contributed by atoms with van der Waals surface area (Å²) >= 11 is 0. The molecule has 99 heavy (non-hydrogen) atoms. The first-order valence-electron chi connectivity index (χ1n) is 36.2. The molecule has 0 aliphatic carbocycles. The Kier molecular flexibility index (Phi) is 15.0. The number of benzene rings is 11. The van der Waals surface area contributed by atoms with Crippen LogP contribution in [0.1, 0.15) is 184 Å². The van der Waals surface area contributed by atoms with E-state index in [1.54, 1.807) is 0 Å². The fourth-order valence-corrected chi connectivity index (χ4v) is 15.6. The first-order chi connectivity index (χ1) is 46.5.